The summed E-state index contributed by atoms with van der Waals surface area (Å²) in [6.07, 6.45) is 3.68. The second-order valence-corrected chi connectivity index (χ2v) is 10.1. The Morgan fingerprint density at radius 3 is 2.00 bits per heavy atom. The Balaban J connectivity index is 0.000000172. The van der Waals surface area contributed by atoms with Gasteiger partial charge in [-0.2, -0.15) is 0 Å². The fraction of sp³-hybridized carbons (Fsp3) is 0.259. The number of rotatable bonds is 3. The molecular formula is C27H24Br2O4. The van der Waals surface area contributed by atoms with Crippen molar-refractivity contribution in [2.75, 3.05) is 0 Å². The van der Waals surface area contributed by atoms with Crippen LogP contribution in [0.1, 0.15) is 40.7 Å². The van der Waals surface area contributed by atoms with Crippen LogP contribution in [0.5, 0.6) is 11.5 Å². The van der Waals surface area contributed by atoms with E-state index in [9.17, 15) is 14.7 Å². The van der Waals surface area contributed by atoms with Gasteiger partial charge in [0.15, 0.2) is 0 Å². The van der Waals surface area contributed by atoms with E-state index in [1.54, 1.807) is 6.07 Å². The van der Waals surface area contributed by atoms with Crippen molar-refractivity contribution in [2.24, 2.45) is 0 Å². The highest BCUT2D eigenvalue weighted by Gasteiger charge is 2.21. The van der Waals surface area contributed by atoms with Crippen LogP contribution in [-0.2, 0) is 41.9 Å². The Bertz CT molecular complexity index is 1190. The molecule has 4 nitrogen and oxygen atoms in total. The highest BCUT2D eigenvalue weighted by molar-refractivity contribution is 9.10. The van der Waals surface area contributed by atoms with E-state index in [2.05, 4.69) is 37.9 Å². The third kappa shape index (κ3) is 6.12. The zero-order chi connectivity index (χ0) is 23.4. The van der Waals surface area contributed by atoms with E-state index in [0.29, 0.717) is 38.1 Å². The topological polar surface area (TPSA) is 63.6 Å². The van der Waals surface area contributed by atoms with Gasteiger partial charge in [-0.1, -0.05) is 62.2 Å². The number of hydrogen-bond acceptors (Lipinski definition) is 4. The maximum Gasteiger partial charge on any atom is 0.137 e. The number of aryl methyl sites for hydroxylation is 2. The molecule has 0 amide bonds. The van der Waals surface area contributed by atoms with Crippen molar-refractivity contribution in [1.29, 1.82) is 0 Å². The molecule has 170 valence electrons. The molecule has 0 fully saturated rings. The molecule has 0 aromatic heterocycles. The first-order chi connectivity index (χ1) is 15.9. The van der Waals surface area contributed by atoms with Gasteiger partial charge < -0.3 is 9.84 Å². The summed E-state index contributed by atoms with van der Waals surface area (Å²) in [6.45, 7) is 0.526. The van der Waals surface area contributed by atoms with Gasteiger partial charge in [0.05, 0.1) is 0 Å². The van der Waals surface area contributed by atoms with Gasteiger partial charge in [-0.15, -0.1) is 0 Å². The van der Waals surface area contributed by atoms with Gasteiger partial charge in [0.2, 0.25) is 0 Å². The molecule has 0 aliphatic heterocycles. The van der Waals surface area contributed by atoms with E-state index < -0.39 is 0 Å². The number of hydrogen-bond donors (Lipinski definition) is 1. The monoisotopic (exact) mass is 570 g/mol. The number of carbonyl (C=O) groups is 2. The van der Waals surface area contributed by atoms with E-state index in [4.69, 9.17) is 4.74 Å². The summed E-state index contributed by atoms with van der Waals surface area (Å²) in [7, 11) is 0. The van der Waals surface area contributed by atoms with E-state index >= 15 is 0 Å². The molecule has 5 rings (SSSR count). The summed E-state index contributed by atoms with van der Waals surface area (Å²) >= 11 is 6.83. The van der Waals surface area contributed by atoms with Crippen LogP contribution >= 0.6 is 31.9 Å². The predicted molar refractivity (Wildman–Crippen MR) is 135 cm³/mol. The molecular weight excluding hydrogens is 548 g/mol. The summed E-state index contributed by atoms with van der Waals surface area (Å²) < 4.78 is 7.82. The minimum absolute atomic E-state index is 0.213. The molecule has 6 heteroatoms. The molecule has 0 bridgehead atoms. The highest BCUT2D eigenvalue weighted by Crippen LogP contribution is 2.33. The van der Waals surface area contributed by atoms with E-state index in [1.807, 2.05) is 42.5 Å². The molecule has 2 aliphatic carbocycles. The van der Waals surface area contributed by atoms with E-state index in [-0.39, 0.29) is 11.5 Å². The van der Waals surface area contributed by atoms with Crippen molar-refractivity contribution in [1.82, 2.24) is 0 Å². The molecule has 0 unspecified atom stereocenters. The number of fused-ring (bicyclic) bond motifs is 2. The molecule has 0 radical (unpaired) electrons. The van der Waals surface area contributed by atoms with Gasteiger partial charge in [0.1, 0.15) is 29.7 Å². The van der Waals surface area contributed by atoms with E-state index in [0.717, 1.165) is 49.8 Å². The van der Waals surface area contributed by atoms with Crippen molar-refractivity contribution < 1.29 is 19.4 Å². The van der Waals surface area contributed by atoms with Crippen molar-refractivity contribution in [3.63, 3.8) is 0 Å². The predicted octanol–water partition coefficient (Wildman–Crippen LogP) is 6.30. The first-order valence-corrected chi connectivity index (χ1v) is 12.5. The number of ether oxygens (including phenoxy) is 1. The number of benzene rings is 3. The van der Waals surface area contributed by atoms with Crippen molar-refractivity contribution in [3.8, 4) is 11.5 Å². The van der Waals surface area contributed by atoms with E-state index in [1.165, 1.54) is 5.56 Å². The number of ketones is 2. The fourth-order valence-corrected chi connectivity index (χ4v) is 5.15. The largest absolute Gasteiger partial charge is 0.508 e. The van der Waals surface area contributed by atoms with Crippen molar-refractivity contribution >= 4 is 43.4 Å². The van der Waals surface area contributed by atoms with Crippen LogP contribution in [-0.4, -0.2) is 16.7 Å². The number of aromatic hydroxyl groups is 1. The quantitative estimate of drug-likeness (QED) is 0.401. The minimum Gasteiger partial charge on any atom is -0.508 e. The highest BCUT2D eigenvalue weighted by atomic mass is 79.9. The van der Waals surface area contributed by atoms with Crippen LogP contribution < -0.4 is 4.74 Å². The number of Topliss-reactive ketones (excluding diaryl/α,β-unsaturated/α-hetero) is 2. The summed E-state index contributed by atoms with van der Waals surface area (Å²) in [5.41, 5.74) is 5.30. The number of carbonyl (C=O) groups excluding carboxylic acids is 2. The SMILES string of the molecule is O=C1CCc2cc(Br)cc(O)c2C1.O=C1CCc2cc(Br)cc(OCc3ccccc3)c2C1. The molecule has 2 aliphatic rings. The maximum absolute atomic E-state index is 11.7. The first-order valence-electron chi connectivity index (χ1n) is 10.9. The second kappa shape index (κ2) is 10.7. The molecule has 0 spiro atoms. The Kier molecular flexibility index (Phi) is 7.66. The Labute approximate surface area is 210 Å². The molecule has 0 saturated heterocycles. The summed E-state index contributed by atoms with van der Waals surface area (Å²) in [4.78, 5) is 22.8. The fourth-order valence-electron chi connectivity index (χ4n) is 4.18. The molecule has 1 N–H and O–H groups in total. The summed E-state index contributed by atoms with van der Waals surface area (Å²) in [6, 6.07) is 17.7. The molecule has 3 aromatic rings. The zero-order valence-electron chi connectivity index (χ0n) is 18.1. The normalized spacial score (nSPS) is 14.6. The lowest BCUT2D eigenvalue weighted by Crippen LogP contribution is -2.15. The number of halogens is 2. The number of phenolic OH excluding ortho intramolecular Hbond substituents is 1. The maximum atomic E-state index is 11.7. The lowest BCUT2D eigenvalue weighted by Gasteiger charge is -2.19. The third-order valence-corrected chi connectivity index (χ3v) is 6.80. The van der Waals surface area contributed by atoms with Crippen LogP contribution in [0.4, 0.5) is 0 Å². The smallest absolute Gasteiger partial charge is 0.137 e. The van der Waals surface area contributed by atoms with Gasteiger partial charge in [0.25, 0.3) is 0 Å². The van der Waals surface area contributed by atoms with Crippen LogP contribution in [0.25, 0.3) is 0 Å². The zero-order valence-corrected chi connectivity index (χ0v) is 21.2. The summed E-state index contributed by atoms with van der Waals surface area (Å²) in [5, 5.41) is 9.57. The molecule has 0 atom stereocenters. The number of phenols is 1. The lowest BCUT2D eigenvalue weighted by molar-refractivity contribution is -0.119. The average Bonchev–Trinajstić information content (AvgIpc) is 2.79. The van der Waals surface area contributed by atoms with Gasteiger partial charge in [-0.25, -0.2) is 0 Å². The van der Waals surface area contributed by atoms with Gasteiger partial charge in [0, 0.05) is 45.8 Å². The minimum atomic E-state index is 0.213. The van der Waals surface area contributed by atoms with Crippen molar-refractivity contribution in [2.45, 2.75) is 45.1 Å². The average molecular weight is 572 g/mol. The summed E-state index contributed by atoms with van der Waals surface area (Å²) in [5.74, 6) is 1.57. The molecule has 33 heavy (non-hydrogen) atoms. The first kappa shape index (κ1) is 23.7. The molecule has 3 aromatic carbocycles. The van der Waals surface area contributed by atoms with Gasteiger partial charge in [-0.3, -0.25) is 9.59 Å². The Morgan fingerprint density at radius 1 is 0.758 bits per heavy atom. The van der Waals surface area contributed by atoms with Gasteiger partial charge >= 0.3 is 0 Å². The standard InChI is InChI=1S/C17H15BrO2.C10H9BrO2/c18-14-8-13-6-7-15(19)10-16(13)17(9-14)20-11-12-4-2-1-3-5-12;11-7-3-6-1-2-8(12)5-9(6)10(13)4-7/h1-5,8-9H,6-7,10-11H2;3-4,13H,1-2,5H2. The van der Waals surface area contributed by atoms with Gasteiger partial charge in [-0.05, 0) is 53.8 Å². The Morgan fingerprint density at radius 2 is 1.33 bits per heavy atom. The van der Waals surface area contributed by atoms with Crippen LogP contribution in [0.2, 0.25) is 0 Å². The van der Waals surface area contributed by atoms with Crippen LogP contribution in [0.15, 0.2) is 63.5 Å². The van der Waals surface area contributed by atoms with Crippen molar-refractivity contribution in [3.05, 3.63) is 91.4 Å². The second-order valence-electron chi connectivity index (χ2n) is 8.31. The van der Waals surface area contributed by atoms with Crippen LogP contribution in [0, 0.1) is 0 Å². The Hall–Kier alpha value is -2.44. The lowest BCUT2D eigenvalue weighted by atomic mass is 9.90. The molecule has 0 heterocycles. The van der Waals surface area contributed by atoms with Crippen LogP contribution in [0.3, 0.4) is 0 Å². The molecule has 0 saturated carbocycles. The third-order valence-electron chi connectivity index (χ3n) is 5.88.